The maximum absolute atomic E-state index is 5.98. The summed E-state index contributed by atoms with van der Waals surface area (Å²) >= 11 is 0. The van der Waals surface area contributed by atoms with E-state index in [1.54, 1.807) is 0 Å². The lowest BCUT2D eigenvalue weighted by Crippen LogP contribution is -2.27. The van der Waals surface area contributed by atoms with E-state index >= 15 is 0 Å². The standard InChI is InChI=1S/C15H25N3O/c1-10(2)15-17-9-14(19-12-6-5-7-12)13(18-15)8-16-11(3)4/h9-12,16H,5-8H2,1-4H3. The van der Waals surface area contributed by atoms with Gasteiger partial charge in [-0.15, -0.1) is 0 Å². The van der Waals surface area contributed by atoms with Gasteiger partial charge in [-0.1, -0.05) is 27.7 Å². The highest BCUT2D eigenvalue weighted by Gasteiger charge is 2.21. The highest BCUT2D eigenvalue weighted by atomic mass is 16.5. The second-order valence-corrected chi connectivity index (χ2v) is 5.90. The van der Waals surface area contributed by atoms with Gasteiger partial charge in [0, 0.05) is 18.5 Å². The van der Waals surface area contributed by atoms with Crippen molar-refractivity contribution in [2.45, 2.75) is 71.6 Å². The second kappa shape index (κ2) is 6.33. The third kappa shape index (κ3) is 3.90. The summed E-state index contributed by atoms with van der Waals surface area (Å²) in [4.78, 5) is 9.07. The van der Waals surface area contributed by atoms with Crippen LogP contribution < -0.4 is 10.1 Å². The van der Waals surface area contributed by atoms with Gasteiger partial charge >= 0.3 is 0 Å². The van der Waals surface area contributed by atoms with Crippen molar-refractivity contribution in [1.29, 1.82) is 0 Å². The van der Waals surface area contributed by atoms with Crippen molar-refractivity contribution in [3.63, 3.8) is 0 Å². The zero-order valence-corrected chi connectivity index (χ0v) is 12.4. The average Bonchev–Trinajstić information content (AvgIpc) is 2.31. The quantitative estimate of drug-likeness (QED) is 0.857. The molecule has 0 bridgehead atoms. The van der Waals surface area contributed by atoms with Crippen LogP contribution in [0, 0.1) is 0 Å². The van der Waals surface area contributed by atoms with Crippen molar-refractivity contribution < 1.29 is 4.74 Å². The molecule has 1 aliphatic carbocycles. The van der Waals surface area contributed by atoms with Gasteiger partial charge in [0.15, 0.2) is 5.75 Å². The highest BCUT2D eigenvalue weighted by Crippen LogP contribution is 2.27. The van der Waals surface area contributed by atoms with Crippen LogP contribution in [0.5, 0.6) is 5.75 Å². The first kappa shape index (κ1) is 14.3. The molecule has 19 heavy (non-hydrogen) atoms. The summed E-state index contributed by atoms with van der Waals surface area (Å²) in [6.07, 6.45) is 5.80. The molecule has 1 aromatic rings. The Morgan fingerprint density at radius 3 is 2.58 bits per heavy atom. The summed E-state index contributed by atoms with van der Waals surface area (Å²) in [7, 11) is 0. The Labute approximate surface area is 116 Å². The molecule has 0 aromatic carbocycles. The van der Waals surface area contributed by atoms with Gasteiger partial charge in [0.1, 0.15) is 5.82 Å². The predicted molar refractivity (Wildman–Crippen MR) is 76.4 cm³/mol. The SMILES string of the molecule is CC(C)NCc1nc(C(C)C)ncc1OC1CCC1. The van der Waals surface area contributed by atoms with Crippen LogP contribution >= 0.6 is 0 Å². The van der Waals surface area contributed by atoms with Crippen LogP contribution in [0.4, 0.5) is 0 Å². The highest BCUT2D eigenvalue weighted by molar-refractivity contribution is 5.26. The van der Waals surface area contributed by atoms with E-state index < -0.39 is 0 Å². The van der Waals surface area contributed by atoms with E-state index in [0.717, 1.165) is 36.7 Å². The summed E-state index contributed by atoms with van der Waals surface area (Å²) < 4.78 is 5.98. The number of nitrogens with one attached hydrogen (secondary N) is 1. The molecule has 4 heteroatoms. The van der Waals surface area contributed by atoms with Gasteiger partial charge in [0.2, 0.25) is 0 Å². The minimum Gasteiger partial charge on any atom is -0.487 e. The zero-order chi connectivity index (χ0) is 13.8. The van der Waals surface area contributed by atoms with Gasteiger partial charge in [0.05, 0.1) is 18.0 Å². The number of ether oxygens (including phenoxy) is 1. The van der Waals surface area contributed by atoms with Crippen molar-refractivity contribution in [3.05, 3.63) is 17.7 Å². The van der Waals surface area contributed by atoms with E-state index in [1.807, 2.05) is 6.20 Å². The molecule has 1 saturated carbocycles. The van der Waals surface area contributed by atoms with E-state index in [9.17, 15) is 0 Å². The van der Waals surface area contributed by atoms with Crippen LogP contribution in [-0.2, 0) is 6.54 Å². The number of hydrogen-bond donors (Lipinski definition) is 1. The first-order valence-electron chi connectivity index (χ1n) is 7.32. The maximum Gasteiger partial charge on any atom is 0.160 e. The second-order valence-electron chi connectivity index (χ2n) is 5.90. The molecular weight excluding hydrogens is 238 g/mol. The molecule has 1 N–H and O–H groups in total. The Morgan fingerprint density at radius 2 is 2.05 bits per heavy atom. The average molecular weight is 263 g/mol. The molecule has 0 spiro atoms. The molecule has 1 aromatic heterocycles. The Bertz CT molecular complexity index is 414. The third-order valence-corrected chi connectivity index (χ3v) is 3.39. The zero-order valence-electron chi connectivity index (χ0n) is 12.4. The smallest absolute Gasteiger partial charge is 0.160 e. The molecular formula is C15H25N3O. The Kier molecular flexibility index (Phi) is 4.75. The van der Waals surface area contributed by atoms with Crippen molar-refractivity contribution in [2.75, 3.05) is 0 Å². The normalized spacial score (nSPS) is 15.9. The van der Waals surface area contributed by atoms with Crippen LogP contribution in [0.1, 0.15) is 64.4 Å². The molecule has 1 heterocycles. The van der Waals surface area contributed by atoms with Crippen LogP contribution in [-0.4, -0.2) is 22.1 Å². The molecule has 1 fully saturated rings. The maximum atomic E-state index is 5.98. The van der Waals surface area contributed by atoms with Crippen molar-refractivity contribution in [3.8, 4) is 5.75 Å². The van der Waals surface area contributed by atoms with Crippen molar-refractivity contribution in [1.82, 2.24) is 15.3 Å². The van der Waals surface area contributed by atoms with E-state index in [0.29, 0.717) is 18.1 Å². The summed E-state index contributed by atoms with van der Waals surface area (Å²) in [6, 6.07) is 0.439. The number of aromatic nitrogens is 2. The van der Waals surface area contributed by atoms with E-state index in [2.05, 4.69) is 43.0 Å². The molecule has 0 atom stereocenters. The van der Waals surface area contributed by atoms with Crippen molar-refractivity contribution >= 4 is 0 Å². The Morgan fingerprint density at radius 1 is 1.32 bits per heavy atom. The van der Waals surface area contributed by atoms with Crippen LogP contribution in [0.3, 0.4) is 0 Å². The van der Waals surface area contributed by atoms with E-state index in [-0.39, 0.29) is 0 Å². The molecule has 0 radical (unpaired) electrons. The minimum atomic E-state index is 0.343. The molecule has 106 valence electrons. The van der Waals surface area contributed by atoms with Gasteiger partial charge in [-0.2, -0.15) is 0 Å². The predicted octanol–water partition coefficient (Wildman–Crippen LogP) is 3.03. The largest absolute Gasteiger partial charge is 0.487 e. The van der Waals surface area contributed by atoms with Gasteiger partial charge in [-0.3, -0.25) is 0 Å². The lowest BCUT2D eigenvalue weighted by Gasteiger charge is -2.27. The topological polar surface area (TPSA) is 47.0 Å². The fraction of sp³-hybridized carbons (Fsp3) is 0.733. The Hall–Kier alpha value is -1.16. The molecule has 0 unspecified atom stereocenters. The van der Waals surface area contributed by atoms with Gasteiger partial charge in [-0.25, -0.2) is 9.97 Å². The molecule has 2 rings (SSSR count). The molecule has 0 amide bonds. The Balaban J connectivity index is 2.13. The van der Waals surface area contributed by atoms with E-state index in [4.69, 9.17) is 4.74 Å². The molecule has 0 aliphatic heterocycles. The van der Waals surface area contributed by atoms with Gasteiger partial charge in [0.25, 0.3) is 0 Å². The number of hydrogen-bond acceptors (Lipinski definition) is 4. The lowest BCUT2D eigenvalue weighted by atomic mass is 9.96. The van der Waals surface area contributed by atoms with Crippen molar-refractivity contribution in [2.24, 2.45) is 0 Å². The van der Waals surface area contributed by atoms with E-state index in [1.165, 1.54) is 6.42 Å². The fourth-order valence-electron chi connectivity index (χ4n) is 1.89. The number of rotatable bonds is 6. The summed E-state index contributed by atoms with van der Waals surface area (Å²) in [5, 5.41) is 3.41. The molecule has 0 saturated heterocycles. The number of nitrogens with zero attached hydrogens (tertiary/aromatic N) is 2. The van der Waals surface area contributed by atoms with Crippen LogP contribution in [0.15, 0.2) is 6.20 Å². The molecule has 4 nitrogen and oxygen atoms in total. The molecule has 1 aliphatic rings. The van der Waals surface area contributed by atoms with Crippen LogP contribution in [0.2, 0.25) is 0 Å². The fourth-order valence-corrected chi connectivity index (χ4v) is 1.89. The van der Waals surface area contributed by atoms with Gasteiger partial charge in [-0.05, 0) is 19.3 Å². The summed E-state index contributed by atoms with van der Waals surface area (Å²) in [6.45, 7) is 9.23. The third-order valence-electron chi connectivity index (χ3n) is 3.39. The summed E-state index contributed by atoms with van der Waals surface area (Å²) in [5.74, 6) is 2.08. The summed E-state index contributed by atoms with van der Waals surface area (Å²) in [5.41, 5.74) is 0.985. The first-order chi connectivity index (χ1) is 9.06. The monoisotopic (exact) mass is 263 g/mol. The first-order valence-corrected chi connectivity index (χ1v) is 7.32. The van der Waals surface area contributed by atoms with Crippen LogP contribution in [0.25, 0.3) is 0 Å². The minimum absolute atomic E-state index is 0.343. The van der Waals surface area contributed by atoms with Gasteiger partial charge < -0.3 is 10.1 Å². The lowest BCUT2D eigenvalue weighted by molar-refractivity contribution is 0.117.